The highest BCUT2D eigenvalue weighted by Crippen LogP contribution is 2.25. The Morgan fingerprint density at radius 3 is 2.58 bits per heavy atom. The molecule has 0 radical (unpaired) electrons. The van der Waals surface area contributed by atoms with Crippen molar-refractivity contribution in [3.8, 4) is 5.75 Å². The van der Waals surface area contributed by atoms with E-state index in [4.69, 9.17) is 21.1 Å². The minimum absolute atomic E-state index is 0.307. The van der Waals surface area contributed by atoms with Crippen molar-refractivity contribution < 1.29 is 23.5 Å². The van der Waals surface area contributed by atoms with Crippen LogP contribution >= 0.6 is 11.6 Å². The lowest BCUT2D eigenvalue weighted by molar-refractivity contribution is -0.150. The molecule has 0 aliphatic rings. The molecule has 0 bridgehead atoms. The smallest absolute Gasteiger partial charge is 0.344 e. The molecule has 2 aromatic rings. The lowest BCUT2D eigenvalue weighted by Crippen LogP contribution is -2.31. The van der Waals surface area contributed by atoms with E-state index in [2.05, 4.69) is 5.32 Å². The van der Waals surface area contributed by atoms with Crippen molar-refractivity contribution in [2.45, 2.75) is 13.3 Å². The average Bonchev–Trinajstić information content (AvgIpc) is 2.62. The predicted molar refractivity (Wildman–Crippen MR) is 95.8 cm³/mol. The van der Waals surface area contributed by atoms with Crippen LogP contribution in [0.3, 0.4) is 0 Å². The Hall–Kier alpha value is -2.60. The van der Waals surface area contributed by atoms with Crippen LogP contribution < -0.4 is 10.1 Å². The second-order valence-corrected chi connectivity index (χ2v) is 6.02. The van der Waals surface area contributed by atoms with E-state index in [0.717, 1.165) is 11.1 Å². The van der Waals surface area contributed by atoms with Crippen molar-refractivity contribution in [2.24, 2.45) is 0 Å². The van der Waals surface area contributed by atoms with Crippen molar-refractivity contribution in [3.05, 3.63) is 64.4 Å². The van der Waals surface area contributed by atoms with E-state index in [0.29, 0.717) is 23.7 Å². The number of hydrogen-bond donors (Lipinski definition) is 1. The van der Waals surface area contributed by atoms with Crippen LogP contribution in [0.4, 0.5) is 4.39 Å². The van der Waals surface area contributed by atoms with Crippen LogP contribution in [0.1, 0.15) is 11.1 Å². The molecule has 2 rings (SSSR count). The Bertz CT molecular complexity index is 765. The minimum Gasteiger partial charge on any atom is -0.480 e. The highest BCUT2D eigenvalue weighted by atomic mass is 35.5. The van der Waals surface area contributed by atoms with E-state index in [-0.39, 0.29) is 12.4 Å². The standard InChI is InChI=1S/C19H19ClFNO4/c1-13-2-7-16(20)17(10-13)25-12-19(24)26-11-18(23)22-9-8-14-3-5-15(21)6-4-14/h2-7,10H,8-9,11-12H2,1H3,(H,22,23). The zero-order chi connectivity index (χ0) is 18.9. The Kier molecular flexibility index (Phi) is 7.41. The molecule has 0 aliphatic heterocycles. The number of benzene rings is 2. The molecule has 0 aliphatic carbocycles. The average molecular weight is 380 g/mol. The molecule has 0 fully saturated rings. The molecule has 0 heterocycles. The summed E-state index contributed by atoms with van der Waals surface area (Å²) in [6.45, 7) is 1.49. The summed E-state index contributed by atoms with van der Waals surface area (Å²) in [5.74, 6) is -1.02. The first kappa shape index (κ1) is 19.7. The zero-order valence-electron chi connectivity index (χ0n) is 14.3. The van der Waals surface area contributed by atoms with Gasteiger partial charge >= 0.3 is 5.97 Å². The van der Waals surface area contributed by atoms with Crippen LogP contribution in [0.5, 0.6) is 5.75 Å². The molecule has 2 aromatic carbocycles. The number of carbonyl (C=O) groups is 2. The summed E-state index contributed by atoms with van der Waals surface area (Å²) in [6, 6.07) is 11.2. The van der Waals surface area contributed by atoms with Gasteiger partial charge in [0, 0.05) is 6.54 Å². The summed E-state index contributed by atoms with van der Waals surface area (Å²) in [6.07, 6.45) is 0.551. The molecule has 0 atom stereocenters. The van der Waals surface area contributed by atoms with Gasteiger partial charge in [-0.15, -0.1) is 0 Å². The number of nitrogens with one attached hydrogen (secondary N) is 1. The van der Waals surface area contributed by atoms with E-state index < -0.39 is 18.5 Å². The molecule has 1 N–H and O–H groups in total. The van der Waals surface area contributed by atoms with Crippen LogP contribution in [-0.4, -0.2) is 31.6 Å². The van der Waals surface area contributed by atoms with Crippen molar-refractivity contribution in [1.29, 1.82) is 0 Å². The number of aryl methyl sites for hydroxylation is 1. The summed E-state index contributed by atoms with van der Waals surface area (Å²) >= 11 is 5.96. The van der Waals surface area contributed by atoms with Crippen LogP contribution in [0, 0.1) is 12.7 Å². The van der Waals surface area contributed by atoms with Gasteiger partial charge in [0.25, 0.3) is 5.91 Å². The van der Waals surface area contributed by atoms with Crippen molar-refractivity contribution >= 4 is 23.5 Å². The second-order valence-electron chi connectivity index (χ2n) is 5.61. The summed E-state index contributed by atoms with van der Waals surface area (Å²) < 4.78 is 22.9. The van der Waals surface area contributed by atoms with E-state index in [9.17, 15) is 14.0 Å². The SMILES string of the molecule is Cc1ccc(Cl)c(OCC(=O)OCC(=O)NCCc2ccc(F)cc2)c1. The Morgan fingerprint density at radius 1 is 1.12 bits per heavy atom. The fourth-order valence-electron chi connectivity index (χ4n) is 2.09. The van der Waals surface area contributed by atoms with E-state index in [1.165, 1.54) is 12.1 Å². The number of halogens is 2. The third-order valence-electron chi connectivity index (χ3n) is 3.45. The maximum absolute atomic E-state index is 12.8. The Morgan fingerprint density at radius 2 is 1.85 bits per heavy atom. The third kappa shape index (κ3) is 6.72. The van der Waals surface area contributed by atoms with Gasteiger partial charge < -0.3 is 14.8 Å². The Labute approximate surface area is 156 Å². The Balaban J connectivity index is 1.64. The molecule has 0 saturated heterocycles. The molecule has 1 amide bonds. The zero-order valence-corrected chi connectivity index (χ0v) is 15.0. The molecule has 7 heteroatoms. The van der Waals surface area contributed by atoms with Gasteiger partial charge in [-0.2, -0.15) is 0 Å². The molecule has 0 aromatic heterocycles. The lowest BCUT2D eigenvalue weighted by atomic mass is 10.1. The van der Waals surface area contributed by atoms with Gasteiger partial charge in [-0.3, -0.25) is 4.79 Å². The first-order valence-corrected chi connectivity index (χ1v) is 8.37. The number of amides is 1. The van der Waals surface area contributed by atoms with Crippen LogP contribution in [0.2, 0.25) is 5.02 Å². The summed E-state index contributed by atoms with van der Waals surface area (Å²) in [4.78, 5) is 23.3. The molecule has 5 nitrogen and oxygen atoms in total. The van der Waals surface area contributed by atoms with Gasteiger partial charge in [0.15, 0.2) is 13.2 Å². The number of ether oxygens (including phenoxy) is 2. The number of esters is 1. The van der Waals surface area contributed by atoms with Crippen LogP contribution in [-0.2, 0) is 20.7 Å². The molecule has 0 spiro atoms. The summed E-state index contributed by atoms with van der Waals surface area (Å²) in [7, 11) is 0. The first-order valence-electron chi connectivity index (χ1n) is 8.00. The van der Waals surface area contributed by atoms with Gasteiger partial charge in [-0.1, -0.05) is 29.8 Å². The fourth-order valence-corrected chi connectivity index (χ4v) is 2.27. The molecule has 0 unspecified atom stereocenters. The maximum atomic E-state index is 12.8. The number of rotatable bonds is 8. The predicted octanol–water partition coefficient (Wildman–Crippen LogP) is 3.07. The first-order chi connectivity index (χ1) is 12.4. The van der Waals surface area contributed by atoms with E-state index >= 15 is 0 Å². The number of carbonyl (C=O) groups excluding carboxylic acids is 2. The molecule has 0 saturated carbocycles. The lowest BCUT2D eigenvalue weighted by Gasteiger charge is -2.09. The monoisotopic (exact) mass is 379 g/mol. The minimum atomic E-state index is -0.670. The van der Waals surface area contributed by atoms with Gasteiger partial charge in [0.1, 0.15) is 11.6 Å². The van der Waals surface area contributed by atoms with Gasteiger partial charge in [0.05, 0.1) is 5.02 Å². The largest absolute Gasteiger partial charge is 0.480 e. The number of hydrogen-bond acceptors (Lipinski definition) is 4. The van der Waals surface area contributed by atoms with E-state index in [1.807, 2.05) is 13.0 Å². The summed E-state index contributed by atoms with van der Waals surface area (Å²) in [5, 5.41) is 3.01. The third-order valence-corrected chi connectivity index (χ3v) is 3.76. The van der Waals surface area contributed by atoms with Gasteiger partial charge in [-0.05, 0) is 48.7 Å². The van der Waals surface area contributed by atoms with Gasteiger partial charge in [-0.25, -0.2) is 9.18 Å². The molecular formula is C19H19ClFNO4. The van der Waals surface area contributed by atoms with Crippen LogP contribution in [0.25, 0.3) is 0 Å². The van der Waals surface area contributed by atoms with Crippen molar-refractivity contribution in [2.75, 3.05) is 19.8 Å². The molecular weight excluding hydrogens is 361 g/mol. The second kappa shape index (κ2) is 9.77. The van der Waals surface area contributed by atoms with Crippen molar-refractivity contribution in [3.63, 3.8) is 0 Å². The molecule has 138 valence electrons. The van der Waals surface area contributed by atoms with Crippen molar-refractivity contribution in [1.82, 2.24) is 5.32 Å². The highest BCUT2D eigenvalue weighted by molar-refractivity contribution is 6.32. The quantitative estimate of drug-likeness (QED) is 0.716. The van der Waals surface area contributed by atoms with Crippen LogP contribution in [0.15, 0.2) is 42.5 Å². The van der Waals surface area contributed by atoms with E-state index in [1.54, 1.807) is 24.3 Å². The molecule has 26 heavy (non-hydrogen) atoms. The normalized spacial score (nSPS) is 10.3. The fraction of sp³-hybridized carbons (Fsp3) is 0.263. The maximum Gasteiger partial charge on any atom is 0.344 e. The highest BCUT2D eigenvalue weighted by Gasteiger charge is 2.10. The summed E-state index contributed by atoms with van der Waals surface area (Å²) in [5.41, 5.74) is 1.84. The van der Waals surface area contributed by atoms with Gasteiger partial charge in [0.2, 0.25) is 0 Å². The topological polar surface area (TPSA) is 64.6 Å².